The minimum absolute atomic E-state index is 0.214. The Hall–Kier alpha value is -2.65. The van der Waals surface area contributed by atoms with Gasteiger partial charge in [0.25, 0.3) is 5.91 Å². The van der Waals surface area contributed by atoms with Crippen LogP contribution < -0.4 is 10.0 Å². The first-order valence-corrected chi connectivity index (χ1v) is 10.4. The van der Waals surface area contributed by atoms with E-state index in [2.05, 4.69) is 15.0 Å². The summed E-state index contributed by atoms with van der Waals surface area (Å²) < 4.78 is 30.6. The first-order valence-electron chi connectivity index (χ1n) is 7.67. The largest absolute Gasteiger partial charge is 0.458 e. The molecule has 2 heterocycles. The van der Waals surface area contributed by atoms with Gasteiger partial charge in [0.15, 0.2) is 5.76 Å². The monoisotopic (exact) mass is 391 g/mol. The van der Waals surface area contributed by atoms with E-state index in [-0.39, 0.29) is 12.5 Å². The highest BCUT2D eigenvalue weighted by Gasteiger charge is 2.11. The number of sulfonamides is 1. The van der Waals surface area contributed by atoms with Crippen molar-refractivity contribution in [2.75, 3.05) is 11.0 Å². The molecule has 136 valence electrons. The lowest BCUT2D eigenvalue weighted by atomic mass is 10.2. The molecule has 0 aliphatic carbocycles. The van der Waals surface area contributed by atoms with Gasteiger partial charge >= 0.3 is 0 Å². The first kappa shape index (κ1) is 18.2. The Labute approximate surface area is 155 Å². The normalized spacial score (nSPS) is 11.3. The molecule has 26 heavy (non-hydrogen) atoms. The van der Waals surface area contributed by atoms with Gasteiger partial charge in [0.2, 0.25) is 10.0 Å². The number of carbonyl (C=O) groups is 1. The van der Waals surface area contributed by atoms with Crippen molar-refractivity contribution in [3.63, 3.8) is 0 Å². The molecule has 0 aliphatic rings. The number of nitrogens with one attached hydrogen (secondary N) is 2. The van der Waals surface area contributed by atoms with E-state index in [0.29, 0.717) is 22.8 Å². The zero-order chi connectivity index (χ0) is 18.7. The van der Waals surface area contributed by atoms with Gasteiger partial charge in [0, 0.05) is 16.6 Å². The lowest BCUT2D eigenvalue weighted by Crippen LogP contribution is -2.22. The second-order valence-corrected chi connectivity index (χ2v) is 8.47. The molecule has 0 aliphatic heterocycles. The number of hydrogen-bond donors (Lipinski definition) is 2. The fourth-order valence-corrected chi connectivity index (χ4v) is 3.45. The summed E-state index contributed by atoms with van der Waals surface area (Å²) in [6.07, 6.45) is 1.05. The smallest absolute Gasteiger partial charge is 0.251 e. The number of benzene rings is 1. The van der Waals surface area contributed by atoms with E-state index in [1.54, 1.807) is 24.3 Å². The van der Waals surface area contributed by atoms with E-state index < -0.39 is 10.0 Å². The summed E-state index contributed by atoms with van der Waals surface area (Å²) in [4.78, 5) is 16.6. The predicted octanol–water partition coefficient (Wildman–Crippen LogP) is 3.01. The summed E-state index contributed by atoms with van der Waals surface area (Å²) in [7, 11) is -3.40. The van der Waals surface area contributed by atoms with Crippen molar-refractivity contribution < 1.29 is 17.6 Å². The summed E-state index contributed by atoms with van der Waals surface area (Å²) >= 11 is 1.54. The number of amides is 1. The molecule has 0 radical (unpaired) electrons. The number of thiazole rings is 1. The number of anilines is 1. The van der Waals surface area contributed by atoms with Crippen LogP contribution in [-0.4, -0.2) is 25.6 Å². The third kappa shape index (κ3) is 4.70. The highest BCUT2D eigenvalue weighted by atomic mass is 32.2. The van der Waals surface area contributed by atoms with Crippen LogP contribution in [0.2, 0.25) is 0 Å². The molecule has 0 saturated heterocycles. The lowest BCUT2D eigenvalue weighted by Gasteiger charge is -2.07. The van der Waals surface area contributed by atoms with Crippen LogP contribution in [0, 0.1) is 6.92 Å². The third-order valence-electron chi connectivity index (χ3n) is 3.38. The van der Waals surface area contributed by atoms with Crippen LogP contribution in [0.4, 0.5) is 5.69 Å². The topological polar surface area (TPSA) is 101 Å². The molecule has 3 rings (SSSR count). The summed E-state index contributed by atoms with van der Waals surface area (Å²) in [5, 5.41) is 5.61. The van der Waals surface area contributed by atoms with Gasteiger partial charge < -0.3 is 9.73 Å². The van der Waals surface area contributed by atoms with E-state index in [1.165, 1.54) is 17.4 Å². The number of rotatable bonds is 6. The molecular formula is C17H17N3O4S2. The van der Waals surface area contributed by atoms with Crippen molar-refractivity contribution in [1.29, 1.82) is 0 Å². The molecule has 9 heteroatoms. The SMILES string of the molecule is Cc1nc(-c2ccc(CNC(=O)c3cccc(NS(C)(=O)=O)c3)o2)cs1. The fourth-order valence-electron chi connectivity index (χ4n) is 2.29. The minimum atomic E-state index is -3.40. The van der Waals surface area contributed by atoms with Gasteiger partial charge in [-0.1, -0.05) is 6.07 Å². The number of aromatic nitrogens is 1. The van der Waals surface area contributed by atoms with Gasteiger partial charge in [-0.3, -0.25) is 9.52 Å². The van der Waals surface area contributed by atoms with Crippen molar-refractivity contribution >= 4 is 33.0 Å². The predicted molar refractivity (Wildman–Crippen MR) is 101 cm³/mol. The molecule has 1 aromatic carbocycles. The maximum Gasteiger partial charge on any atom is 0.251 e. The van der Waals surface area contributed by atoms with Crippen LogP contribution >= 0.6 is 11.3 Å². The molecule has 1 amide bonds. The van der Waals surface area contributed by atoms with Crippen LogP contribution in [0.1, 0.15) is 21.1 Å². The highest BCUT2D eigenvalue weighted by molar-refractivity contribution is 7.92. The van der Waals surface area contributed by atoms with Crippen LogP contribution in [0.3, 0.4) is 0 Å². The number of nitrogens with zero attached hydrogens (tertiary/aromatic N) is 1. The molecule has 0 fully saturated rings. The van der Waals surface area contributed by atoms with Crippen molar-refractivity contribution in [1.82, 2.24) is 10.3 Å². The van der Waals surface area contributed by atoms with Crippen molar-refractivity contribution in [3.8, 4) is 11.5 Å². The molecule has 7 nitrogen and oxygen atoms in total. The Balaban J connectivity index is 1.64. The van der Waals surface area contributed by atoms with Gasteiger partial charge in [-0.2, -0.15) is 0 Å². The number of hydrogen-bond acceptors (Lipinski definition) is 6. The van der Waals surface area contributed by atoms with Crippen molar-refractivity contribution in [3.05, 3.63) is 58.1 Å². The van der Waals surface area contributed by atoms with E-state index in [9.17, 15) is 13.2 Å². The molecule has 3 aromatic rings. The van der Waals surface area contributed by atoms with Crippen LogP contribution in [0.5, 0.6) is 0 Å². The summed E-state index contributed by atoms with van der Waals surface area (Å²) in [6, 6.07) is 9.86. The van der Waals surface area contributed by atoms with Crippen LogP contribution in [0.15, 0.2) is 46.2 Å². The number of aryl methyl sites for hydroxylation is 1. The molecular weight excluding hydrogens is 374 g/mol. The molecule has 0 atom stereocenters. The maximum absolute atomic E-state index is 12.3. The first-order chi connectivity index (χ1) is 12.3. The average molecular weight is 391 g/mol. The van der Waals surface area contributed by atoms with Gasteiger partial charge in [-0.05, 0) is 37.3 Å². The van der Waals surface area contributed by atoms with Crippen LogP contribution in [-0.2, 0) is 16.6 Å². The zero-order valence-electron chi connectivity index (χ0n) is 14.1. The number of carbonyl (C=O) groups excluding carboxylic acids is 1. The summed E-state index contributed by atoms with van der Waals surface area (Å²) in [6.45, 7) is 2.14. The van der Waals surface area contributed by atoms with Crippen LogP contribution in [0.25, 0.3) is 11.5 Å². The van der Waals surface area contributed by atoms with Crippen molar-refractivity contribution in [2.45, 2.75) is 13.5 Å². The fraction of sp³-hybridized carbons (Fsp3) is 0.176. The highest BCUT2D eigenvalue weighted by Crippen LogP contribution is 2.23. The molecule has 2 N–H and O–H groups in total. The maximum atomic E-state index is 12.3. The van der Waals surface area contributed by atoms with Gasteiger partial charge in [0.1, 0.15) is 11.5 Å². The molecule has 0 unspecified atom stereocenters. The molecule has 0 saturated carbocycles. The Morgan fingerprint density at radius 1 is 1.27 bits per heavy atom. The molecule has 2 aromatic heterocycles. The van der Waals surface area contributed by atoms with E-state index in [4.69, 9.17) is 4.42 Å². The minimum Gasteiger partial charge on any atom is -0.458 e. The van der Waals surface area contributed by atoms with Gasteiger partial charge in [-0.25, -0.2) is 13.4 Å². The van der Waals surface area contributed by atoms with Gasteiger partial charge in [-0.15, -0.1) is 11.3 Å². The van der Waals surface area contributed by atoms with E-state index in [0.717, 1.165) is 17.0 Å². The Morgan fingerprint density at radius 3 is 2.77 bits per heavy atom. The quantitative estimate of drug-likeness (QED) is 0.673. The molecule has 0 bridgehead atoms. The summed E-state index contributed by atoms with van der Waals surface area (Å²) in [5.74, 6) is 0.923. The zero-order valence-corrected chi connectivity index (χ0v) is 15.8. The second kappa shape index (κ2) is 7.30. The Kier molecular flexibility index (Phi) is 5.10. The number of furan rings is 1. The molecule has 0 spiro atoms. The van der Waals surface area contributed by atoms with Gasteiger partial charge in [0.05, 0.1) is 17.8 Å². The standard InChI is InChI=1S/C17H17N3O4S2/c1-11-19-15(10-25-11)16-7-6-14(24-16)9-18-17(21)12-4-3-5-13(8-12)20-26(2,22)23/h3-8,10,20H,9H2,1-2H3,(H,18,21). The Bertz CT molecular complexity index is 1040. The Morgan fingerprint density at radius 2 is 2.08 bits per heavy atom. The second-order valence-electron chi connectivity index (χ2n) is 5.66. The lowest BCUT2D eigenvalue weighted by molar-refractivity contribution is 0.0948. The van der Waals surface area contributed by atoms with E-state index >= 15 is 0 Å². The summed E-state index contributed by atoms with van der Waals surface area (Å²) in [5.41, 5.74) is 1.45. The third-order valence-corrected chi connectivity index (χ3v) is 4.76. The van der Waals surface area contributed by atoms with E-state index in [1.807, 2.05) is 18.4 Å². The average Bonchev–Trinajstić information content (AvgIpc) is 3.20. The van der Waals surface area contributed by atoms with Crippen molar-refractivity contribution in [2.24, 2.45) is 0 Å².